The normalized spacial score (nSPS) is 10.2. The topological polar surface area (TPSA) is 54.0 Å². The van der Waals surface area contributed by atoms with Crippen molar-refractivity contribution in [1.29, 1.82) is 0 Å². The van der Waals surface area contributed by atoms with Crippen LogP contribution in [0.3, 0.4) is 0 Å². The quantitative estimate of drug-likeness (QED) is 0.850. The van der Waals surface area contributed by atoms with Crippen LogP contribution in [0.4, 0.5) is 11.4 Å². The van der Waals surface area contributed by atoms with Crippen LogP contribution < -0.4 is 10.6 Å². The number of anilines is 2. The smallest absolute Gasteiger partial charge is 0.257 e. The molecule has 0 saturated carbocycles. The Morgan fingerprint density at radius 2 is 2.10 bits per heavy atom. The van der Waals surface area contributed by atoms with E-state index >= 15 is 0 Å². The van der Waals surface area contributed by atoms with E-state index in [4.69, 9.17) is 0 Å². The maximum atomic E-state index is 12.3. The van der Waals surface area contributed by atoms with E-state index < -0.39 is 0 Å². The van der Waals surface area contributed by atoms with Gasteiger partial charge in [0.05, 0.1) is 11.3 Å². The van der Waals surface area contributed by atoms with Gasteiger partial charge in [-0.25, -0.2) is 0 Å². The number of halogens is 1. The van der Waals surface area contributed by atoms with Gasteiger partial charge in [-0.2, -0.15) is 0 Å². The lowest BCUT2D eigenvalue weighted by Crippen LogP contribution is -2.13. The molecular formula is C16H18BrN3O. The third-order valence-corrected chi connectivity index (χ3v) is 3.51. The van der Waals surface area contributed by atoms with Crippen molar-refractivity contribution in [3.05, 3.63) is 52.3 Å². The summed E-state index contributed by atoms with van der Waals surface area (Å²) in [5.41, 5.74) is 3.21. The summed E-state index contributed by atoms with van der Waals surface area (Å²) in [7, 11) is 0. The van der Waals surface area contributed by atoms with Gasteiger partial charge in [-0.1, -0.05) is 22.9 Å². The zero-order valence-corrected chi connectivity index (χ0v) is 13.7. The predicted octanol–water partition coefficient (Wildman–Crippen LogP) is 4.23. The number of benzene rings is 1. The molecule has 4 nitrogen and oxygen atoms in total. The number of nitrogens with zero attached hydrogens (tertiary/aromatic N) is 1. The summed E-state index contributed by atoms with van der Waals surface area (Å²) in [5.74, 6) is -0.159. The first-order chi connectivity index (χ1) is 10.1. The summed E-state index contributed by atoms with van der Waals surface area (Å²) in [4.78, 5) is 16.4. The van der Waals surface area contributed by atoms with E-state index in [1.54, 1.807) is 12.4 Å². The molecule has 0 fully saturated rings. The Morgan fingerprint density at radius 1 is 1.29 bits per heavy atom. The minimum atomic E-state index is -0.159. The van der Waals surface area contributed by atoms with Crippen LogP contribution in [0.15, 0.2) is 41.1 Å². The third kappa shape index (κ3) is 4.29. The Bertz CT molecular complexity index is 643. The lowest BCUT2D eigenvalue weighted by Gasteiger charge is -2.10. The molecule has 1 aromatic carbocycles. The van der Waals surface area contributed by atoms with Crippen molar-refractivity contribution in [2.45, 2.75) is 20.3 Å². The van der Waals surface area contributed by atoms with Gasteiger partial charge in [0.25, 0.3) is 5.91 Å². The SMILES string of the molecule is CCCNc1cncc(C(=O)Nc2ccc(Br)cc2C)c1. The summed E-state index contributed by atoms with van der Waals surface area (Å²) in [5, 5.41) is 6.13. The minimum absolute atomic E-state index is 0.159. The van der Waals surface area contributed by atoms with Crippen LogP contribution in [0.1, 0.15) is 29.3 Å². The number of amides is 1. The van der Waals surface area contributed by atoms with Crippen LogP contribution in [-0.4, -0.2) is 17.4 Å². The largest absolute Gasteiger partial charge is 0.384 e. The van der Waals surface area contributed by atoms with Gasteiger partial charge in [0, 0.05) is 29.1 Å². The molecule has 21 heavy (non-hydrogen) atoms. The van der Waals surface area contributed by atoms with E-state index in [1.807, 2.05) is 31.2 Å². The van der Waals surface area contributed by atoms with Crippen molar-refractivity contribution in [3.63, 3.8) is 0 Å². The fourth-order valence-corrected chi connectivity index (χ4v) is 2.37. The standard InChI is InChI=1S/C16H18BrN3O/c1-3-6-19-14-8-12(9-18-10-14)16(21)20-15-5-4-13(17)7-11(15)2/h4-5,7-10,19H,3,6H2,1-2H3,(H,20,21). The molecule has 0 saturated heterocycles. The average molecular weight is 348 g/mol. The Kier molecular flexibility index (Phi) is 5.33. The summed E-state index contributed by atoms with van der Waals surface area (Å²) < 4.78 is 0.991. The van der Waals surface area contributed by atoms with Gasteiger partial charge in [-0.15, -0.1) is 0 Å². The number of hydrogen-bond acceptors (Lipinski definition) is 3. The fourth-order valence-electron chi connectivity index (χ4n) is 1.89. The van der Waals surface area contributed by atoms with E-state index in [2.05, 4.69) is 38.5 Å². The highest BCUT2D eigenvalue weighted by molar-refractivity contribution is 9.10. The van der Waals surface area contributed by atoms with Crippen molar-refractivity contribution in [2.75, 3.05) is 17.2 Å². The van der Waals surface area contributed by atoms with Crippen LogP contribution in [-0.2, 0) is 0 Å². The molecular weight excluding hydrogens is 330 g/mol. The molecule has 110 valence electrons. The zero-order chi connectivity index (χ0) is 15.2. The maximum Gasteiger partial charge on any atom is 0.257 e. The molecule has 1 aromatic heterocycles. The van der Waals surface area contributed by atoms with Crippen LogP contribution >= 0.6 is 15.9 Å². The fraction of sp³-hybridized carbons (Fsp3) is 0.250. The monoisotopic (exact) mass is 347 g/mol. The summed E-state index contributed by atoms with van der Waals surface area (Å²) in [6.45, 7) is 4.91. The van der Waals surface area contributed by atoms with Gasteiger partial charge in [0.1, 0.15) is 0 Å². The minimum Gasteiger partial charge on any atom is -0.384 e. The van der Waals surface area contributed by atoms with Gasteiger partial charge in [-0.05, 0) is 43.2 Å². The van der Waals surface area contributed by atoms with Gasteiger partial charge < -0.3 is 10.6 Å². The highest BCUT2D eigenvalue weighted by atomic mass is 79.9. The lowest BCUT2D eigenvalue weighted by molar-refractivity contribution is 0.102. The van der Waals surface area contributed by atoms with E-state index in [0.29, 0.717) is 5.56 Å². The second-order valence-electron chi connectivity index (χ2n) is 4.80. The molecule has 2 rings (SSSR count). The molecule has 0 aliphatic carbocycles. The molecule has 1 heterocycles. The van der Waals surface area contributed by atoms with Crippen LogP contribution in [0.5, 0.6) is 0 Å². The molecule has 0 radical (unpaired) electrons. The maximum absolute atomic E-state index is 12.3. The van der Waals surface area contributed by atoms with E-state index in [0.717, 1.165) is 34.4 Å². The number of aryl methyl sites for hydroxylation is 1. The Hall–Kier alpha value is -1.88. The first-order valence-corrected chi connectivity index (χ1v) is 7.66. The number of nitrogens with one attached hydrogen (secondary N) is 2. The molecule has 0 atom stereocenters. The molecule has 5 heteroatoms. The molecule has 0 aliphatic rings. The van der Waals surface area contributed by atoms with Crippen LogP contribution in [0.2, 0.25) is 0 Å². The van der Waals surface area contributed by atoms with Gasteiger partial charge >= 0.3 is 0 Å². The second-order valence-corrected chi connectivity index (χ2v) is 5.72. The number of rotatable bonds is 5. The lowest BCUT2D eigenvalue weighted by atomic mass is 10.2. The third-order valence-electron chi connectivity index (χ3n) is 3.02. The van der Waals surface area contributed by atoms with Crippen LogP contribution in [0.25, 0.3) is 0 Å². The molecule has 0 spiro atoms. The number of carbonyl (C=O) groups is 1. The number of pyridine rings is 1. The Morgan fingerprint density at radius 3 is 2.81 bits per heavy atom. The van der Waals surface area contributed by atoms with Crippen molar-refractivity contribution >= 4 is 33.2 Å². The molecule has 1 amide bonds. The van der Waals surface area contributed by atoms with Crippen molar-refractivity contribution in [3.8, 4) is 0 Å². The Labute approximate surface area is 133 Å². The summed E-state index contributed by atoms with van der Waals surface area (Å²) >= 11 is 3.41. The van der Waals surface area contributed by atoms with Crippen molar-refractivity contribution < 1.29 is 4.79 Å². The number of hydrogen-bond donors (Lipinski definition) is 2. The van der Waals surface area contributed by atoms with Gasteiger partial charge in [0.2, 0.25) is 0 Å². The molecule has 2 N–H and O–H groups in total. The van der Waals surface area contributed by atoms with Crippen LogP contribution in [0, 0.1) is 6.92 Å². The number of aromatic nitrogens is 1. The summed E-state index contributed by atoms with van der Waals surface area (Å²) in [6.07, 6.45) is 4.31. The van der Waals surface area contributed by atoms with Crippen molar-refractivity contribution in [2.24, 2.45) is 0 Å². The zero-order valence-electron chi connectivity index (χ0n) is 12.1. The van der Waals surface area contributed by atoms with E-state index in [-0.39, 0.29) is 5.91 Å². The molecule has 2 aromatic rings. The highest BCUT2D eigenvalue weighted by Crippen LogP contribution is 2.21. The summed E-state index contributed by atoms with van der Waals surface area (Å²) in [6, 6.07) is 7.56. The van der Waals surface area contributed by atoms with E-state index in [1.165, 1.54) is 0 Å². The Balaban J connectivity index is 2.12. The molecule has 0 bridgehead atoms. The first kappa shape index (κ1) is 15.5. The molecule has 0 aliphatic heterocycles. The van der Waals surface area contributed by atoms with E-state index in [9.17, 15) is 4.79 Å². The van der Waals surface area contributed by atoms with Crippen molar-refractivity contribution in [1.82, 2.24) is 4.98 Å². The predicted molar refractivity (Wildman–Crippen MR) is 89.8 cm³/mol. The first-order valence-electron chi connectivity index (χ1n) is 6.86. The average Bonchev–Trinajstić information content (AvgIpc) is 2.48. The highest BCUT2D eigenvalue weighted by Gasteiger charge is 2.09. The number of carbonyl (C=O) groups excluding carboxylic acids is 1. The second kappa shape index (κ2) is 7.22. The molecule has 0 unspecified atom stereocenters. The van der Waals surface area contributed by atoms with Gasteiger partial charge in [-0.3, -0.25) is 9.78 Å². The van der Waals surface area contributed by atoms with Gasteiger partial charge in [0.15, 0.2) is 0 Å².